The molecule has 1 saturated carbocycles. The van der Waals surface area contributed by atoms with E-state index >= 15 is 0 Å². The van der Waals surface area contributed by atoms with Crippen LogP contribution in [0.2, 0.25) is 0 Å². The SMILES string of the molecule is CC(C)(C)OC(=O)N1C(=O)C(C(C)(C)C2(C)CCC2)C[C@H]1C(=O)O. The molecule has 6 heteroatoms. The van der Waals surface area contributed by atoms with Gasteiger partial charge < -0.3 is 9.84 Å². The van der Waals surface area contributed by atoms with Gasteiger partial charge in [-0.05, 0) is 50.9 Å². The Morgan fingerprint density at radius 1 is 1.21 bits per heavy atom. The quantitative estimate of drug-likeness (QED) is 0.851. The van der Waals surface area contributed by atoms with Crippen molar-refractivity contribution in [1.29, 1.82) is 0 Å². The van der Waals surface area contributed by atoms with Crippen LogP contribution in [0.5, 0.6) is 0 Å². The van der Waals surface area contributed by atoms with E-state index in [0.717, 1.165) is 24.2 Å². The Balaban J connectivity index is 2.30. The summed E-state index contributed by atoms with van der Waals surface area (Å²) < 4.78 is 5.26. The van der Waals surface area contributed by atoms with Gasteiger partial charge in [-0.2, -0.15) is 0 Å². The van der Waals surface area contributed by atoms with Crippen molar-refractivity contribution in [1.82, 2.24) is 4.90 Å². The maximum atomic E-state index is 12.9. The Bertz CT molecular complexity index is 556. The molecule has 0 radical (unpaired) electrons. The van der Waals surface area contributed by atoms with Gasteiger partial charge in [-0.25, -0.2) is 14.5 Å². The number of rotatable bonds is 3. The van der Waals surface area contributed by atoms with Gasteiger partial charge in [-0.1, -0.05) is 27.2 Å². The molecule has 1 N–H and O–H groups in total. The van der Waals surface area contributed by atoms with Crippen LogP contribution in [-0.2, 0) is 14.3 Å². The number of carboxylic acid groups (broad SMARTS) is 1. The number of imide groups is 1. The maximum absolute atomic E-state index is 12.9. The molecule has 2 aliphatic rings. The summed E-state index contributed by atoms with van der Waals surface area (Å²) in [6.07, 6.45) is 2.45. The van der Waals surface area contributed by atoms with Crippen LogP contribution >= 0.6 is 0 Å². The molecule has 0 bridgehead atoms. The standard InChI is InChI=1S/C18H29NO5/c1-16(2,3)24-15(23)19-12(14(21)22)10-11(13(19)20)17(4,5)18(6)8-7-9-18/h11-12H,7-10H2,1-6H3,(H,21,22)/t11?,12-/m0/s1. The highest BCUT2D eigenvalue weighted by Gasteiger charge is 2.58. The van der Waals surface area contributed by atoms with Gasteiger partial charge in [0.25, 0.3) is 0 Å². The normalized spacial score (nSPS) is 26.9. The zero-order valence-corrected chi connectivity index (χ0v) is 15.5. The molecule has 0 aromatic rings. The largest absolute Gasteiger partial charge is 0.480 e. The highest BCUT2D eigenvalue weighted by atomic mass is 16.6. The van der Waals surface area contributed by atoms with Crippen LogP contribution in [0.3, 0.4) is 0 Å². The Morgan fingerprint density at radius 2 is 1.75 bits per heavy atom. The van der Waals surface area contributed by atoms with Crippen molar-refractivity contribution < 1.29 is 24.2 Å². The minimum Gasteiger partial charge on any atom is -0.480 e. The molecular formula is C18H29NO5. The fraction of sp³-hybridized carbons (Fsp3) is 0.833. The lowest BCUT2D eigenvalue weighted by Crippen LogP contribution is -2.49. The monoisotopic (exact) mass is 339 g/mol. The molecule has 0 spiro atoms. The molecule has 2 amide bonds. The number of ether oxygens (including phenoxy) is 1. The predicted molar refractivity (Wildman–Crippen MR) is 88.3 cm³/mol. The average Bonchev–Trinajstić information content (AvgIpc) is 2.72. The zero-order valence-electron chi connectivity index (χ0n) is 15.5. The van der Waals surface area contributed by atoms with E-state index in [2.05, 4.69) is 6.92 Å². The van der Waals surface area contributed by atoms with E-state index in [4.69, 9.17) is 4.74 Å². The van der Waals surface area contributed by atoms with Crippen molar-refractivity contribution in [2.75, 3.05) is 0 Å². The molecule has 2 fully saturated rings. The van der Waals surface area contributed by atoms with E-state index in [1.54, 1.807) is 20.8 Å². The molecule has 0 aromatic heterocycles. The first-order valence-corrected chi connectivity index (χ1v) is 8.59. The number of hydrogen-bond acceptors (Lipinski definition) is 4. The molecular weight excluding hydrogens is 310 g/mol. The summed E-state index contributed by atoms with van der Waals surface area (Å²) in [5.74, 6) is -2.07. The van der Waals surface area contributed by atoms with Crippen molar-refractivity contribution in [2.24, 2.45) is 16.7 Å². The van der Waals surface area contributed by atoms with Crippen LogP contribution in [0.25, 0.3) is 0 Å². The molecule has 2 rings (SSSR count). The number of likely N-dealkylation sites (tertiary alicyclic amines) is 1. The van der Waals surface area contributed by atoms with Crippen LogP contribution in [0.4, 0.5) is 4.79 Å². The summed E-state index contributed by atoms with van der Waals surface area (Å²) in [6, 6.07) is -1.15. The molecule has 1 saturated heterocycles. The van der Waals surface area contributed by atoms with E-state index in [-0.39, 0.29) is 17.3 Å². The van der Waals surface area contributed by atoms with E-state index in [1.165, 1.54) is 0 Å². The number of hydrogen-bond donors (Lipinski definition) is 1. The van der Waals surface area contributed by atoms with Crippen molar-refractivity contribution in [3.63, 3.8) is 0 Å². The molecule has 6 nitrogen and oxygen atoms in total. The summed E-state index contributed by atoms with van der Waals surface area (Å²) >= 11 is 0. The second-order valence-corrected chi connectivity index (χ2v) is 8.97. The third kappa shape index (κ3) is 3.03. The van der Waals surface area contributed by atoms with Crippen LogP contribution in [-0.4, -0.2) is 39.6 Å². The number of carbonyl (C=O) groups excluding carboxylic acids is 2. The van der Waals surface area contributed by atoms with Gasteiger partial charge in [0.05, 0.1) is 0 Å². The van der Waals surface area contributed by atoms with Gasteiger partial charge in [0.2, 0.25) is 5.91 Å². The summed E-state index contributed by atoms with van der Waals surface area (Å²) in [6.45, 7) is 11.3. The van der Waals surface area contributed by atoms with E-state index in [1.807, 2.05) is 13.8 Å². The fourth-order valence-corrected chi connectivity index (χ4v) is 3.87. The number of aliphatic carboxylic acids is 1. The van der Waals surface area contributed by atoms with Gasteiger partial charge in [0, 0.05) is 5.92 Å². The molecule has 1 unspecified atom stereocenters. The molecule has 0 aromatic carbocycles. The average molecular weight is 339 g/mol. The third-order valence-electron chi connectivity index (χ3n) is 6.07. The minimum atomic E-state index is -1.16. The summed E-state index contributed by atoms with van der Waals surface area (Å²) in [4.78, 5) is 37.8. The first kappa shape index (κ1) is 18.7. The van der Waals surface area contributed by atoms with Crippen LogP contribution in [0.1, 0.15) is 67.2 Å². The smallest absolute Gasteiger partial charge is 0.417 e. The van der Waals surface area contributed by atoms with E-state index in [9.17, 15) is 19.5 Å². The molecule has 1 heterocycles. The molecule has 1 aliphatic carbocycles. The number of carboxylic acids is 1. The highest BCUT2D eigenvalue weighted by molar-refractivity contribution is 6.00. The maximum Gasteiger partial charge on any atom is 0.417 e. The predicted octanol–water partition coefficient (Wildman–Crippen LogP) is 3.44. The summed E-state index contributed by atoms with van der Waals surface area (Å²) in [5, 5.41) is 9.50. The Labute approximate surface area is 143 Å². The van der Waals surface area contributed by atoms with Gasteiger partial charge >= 0.3 is 12.1 Å². The Morgan fingerprint density at radius 3 is 2.12 bits per heavy atom. The first-order chi connectivity index (χ1) is 10.8. The van der Waals surface area contributed by atoms with Crippen molar-refractivity contribution in [3.05, 3.63) is 0 Å². The van der Waals surface area contributed by atoms with Crippen LogP contribution < -0.4 is 0 Å². The number of carbonyl (C=O) groups is 3. The molecule has 136 valence electrons. The highest BCUT2D eigenvalue weighted by Crippen LogP contribution is 2.59. The van der Waals surface area contributed by atoms with Gasteiger partial charge in [0.15, 0.2) is 0 Å². The number of amides is 2. The Hall–Kier alpha value is -1.59. The van der Waals surface area contributed by atoms with Gasteiger partial charge in [-0.3, -0.25) is 4.79 Å². The topological polar surface area (TPSA) is 83.9 Å². The van der Waals surface area contributed by atoms with Crippen molar-refractivity contribution in [3.8, 4) is 0 Å². The van der Waals surface area contributed by atoms with E-state index < -0.39 is 35.5 Å². The molecule has 2 atom stereocenters. The van der Waals surface area contributed by atoms with Crippen LogP contribution in [0, 0.1) is 16.7 Å². The summed E-state index contributed by atoms with van der Waals surface area (Å²) in [7, 11) is 0. The first-order valence-electron chi connectivity index (χ1n) is 8.59. The Kier molecular flexibility index (Phi) is 4.48. The lowest BCUT2D eigenvalue weighted by molar-refractivity contribution is -0.147. The number of nitrogens with zero attached hydrogens (tertiary/aromatic N) is 1. The van der Waals surface area contributed by atoms with Gasteiger partial charge in [-0.15, -0.1) is 0 Å². The minimum absolute atomic E-state index is 0.000319. The third-order valence-corrected chi connectivity index (χ3v) is 6.07. The lowest BCUT2D eigenvalue weighted by atomic mass is 9.51. The zero-order chi connectivity index (χ0) is 18.5. The second kappa shape index (κ2) is 5.74. The van der Waals surface area contributed by atoms with Crippen LogP contribution in [0.15, 0.2) is 0 Å². The summed E-state index contributed by atoms with van der Waals surface area (Å²) in [5.41, 5.74) is -1.15. The lowest BCUT2D eigenvalue weighted by Gasteiger charge is -2.53. The van der Waals surface area contributed by atoms with Crippen molar-refractivity contribution in [2.45, 2.75) is 78.9 Å². The fourth-order valence-electron chi connectivity index (χ4n) is 3.87. The van der Waals surface area contributed by atoms with Gasteiger partial charge in [0.1, 0.15) is 11.6 Å². The van der Waals surface area contributed by atoms with Crippen molar-refractivity contribution >= 4 is 18.0 Å². The molecule has 24 heavy (non-hydrogen) atoms. The second-order valence-electron chi connectivity index (χ2n) is 8.97. The molecule has 1 aliphatic heterocycles. The van der Waals surface area contributed by atoms with E-state index in [0.29, 0.717) is 0 Å².